The van der Waals surface area contributed by atoms with E-state index in [0.717, 1.165) is 11.8 Å². The summed E-state index contributed by atoms with van der Waals surface area (Å²) < 4.78 is 0. The van der Waals surface area contributed by atoms with E-state index in [2.05, 4.69) is 46.3 Å². The van der Waals surface area contributed by atoms with Gasteiger partial charge in [-0.1, -0.05) is 46.3 Å². The van der Waals surface area contributed by atoms with Gasteiger partial charge in [-0.25, -0.2) is 0 Å². The molecule has 0 amide bonds. The van der Waals surface area contributed by atoms with Crippen molar-refractivity contribution >= 4 is 21.5 Å². The van der Waals surface area contributed by atoms with Crippen molar-refractivity contribution in [3.05, 3.63) is 41.5 Å². The Hall–Kier alpha value is -0.560. The van der Waals surface area contributed by atoms with E-state index in [0.29, 0.717) is 0 Å². The summed E-state index contributed by atoms with van der Waals surface area (Å²) in [5.41, 5.74) is 4.31. The van der Waals surface area contributed by atoms with Crippen molar-refractivity contribution < 1.29 is 0 Å². The van der Waals surface area contributed by atoms with Crippen LogP contribution in [0.3, 0.4) is 0 Å². The predicted molar refractivity (Wildman–Crippen MR) is 51.9 cm³/mol. The maximum absolute atomic E-state index is 3.48. The average Bonchev–Trinajstić information content (AvgIpc) is 2.47. The molecule has 0 fully saturated rings. The maximum atomic E-state index is 3.48. The van der Waals surface area contributed by atoms with Gasteiger partial charge in [-0.2, -0.15) is 0 Å². The molecule has 0 bridgehead atoms. The number of hydrogen-bond donors (Lipinski definition) is 0. The Kier molecular flexibility index (Phi) is 1.82. The van der Waals surface area contributed by atoms with Crippen LogP contribution in [-0.4, -0.2) is 5.33 Å². The summed E-state index contributed by atoms with van der Waals surface area (Å²) in [5, 5.41) is 0.976. The first-order valence-electron chi connectivity index (χ1n) is 3.75. The molecule has 0 saturated carbocycles. The van der Waals surface area contributed by atoms with Crippen molar-refractivity contribution in [1.29, 1.82) is 0 Å². The van der Waals surface area contributed by atoms with E-state index in [4.69, 9.17) is 0 Å². The summed E-state index contributed by atoms with van der Waals surface area (Å²) in [5.74, 6) is 0. The molecule has 1 aromatic rings. The molecule has 0 radical (unpaired) electrons. The Labute approximate surface area is 75.1 Å². The lowest BCUT2D eigenvalue weighted by Gasteiger charge is -1.99. The van der Waals surface area contributed by atoms with Gasteiger partial charge in [0.05, 0.1) is 0 Å². The molecule has 2 rings (SSSR count). The summed E-state index contributed by atoms with van der Waals surface area (Å²) >= 11 is 3.48. The van der Waals surface area contributed by atoms with Gasteiger partial charge in [0.15, 0.2) is 0 Å². The molecule has 0 aromatic heterocycles. The number of halogens is 1. The summed E-state index contributed by atoms with van der Waals surface area (Å²) in [4.78, 5) is 0. The first-order chi connectivity index (χ1) is 5.42. The fourth-order valence-corrected chi connectivity index (χ4v) is 2.01. The van der Waals surface area contributed by atoms with Gasteiger partial charge in [-0.05, 0) is 23.1 Å². The van der Waals surface area contributed by atoms with Crippen molar-refractivity contribution in [2.24, 2.45) is 0 Å². The largest absolute Gasteiger partial charge is 0.0876 e. The van der Waals surface area contributed by atoms with Crippen molar-refractivity contribution in [3.8, 4) is 0 Å². The first-order valence-corrected chi connectivity index (χ1v) is 4.87. The number of alkyl halides is 1. The quantitative estimate of drug-likeness (QED) is 0.623. The van der Waals surface area contributed by atoms with Crippen LogP contribution in [0.5, 0.6) is 0 Å². The molecule has 0 spiro atoms. The van der Waals surface area contributed by atoms with Gasteiger partial charge < -0.3 is 0 Å². The molecular formula is C10H9Br. The highest BCUT2D eigenvalue weighted by molar-refractivity contribution is 9.09. The van der Waals surface area contributed by atoms with Crippen LogP contribution >= 0.6 is 15.9 Å². The van der Waals surface area contributed by atoms with Gasteiger partial charge in [0, 0.05) is 5.33 Å². The Bertz CT molecular complexity index is 299. The zero-order chi connectivity index (χ0) is 7.68. The van der Waals surface area contributed by atoms with Gasteiger partial charge in [0.1, 0.15) is 0 Å². The zero-order valence-corrected chi connectivity index (χ0v) is 7.76. The van der Waals surface area contributed by atoms with Crippen molar-refractivity contribution in [1.82, 2.24) is 0 Å². The van der Waals surface area contributed by atoms with E-state index < -0.39 is 0 Å². The molecule has 1 aliphatic carbocycles. The van der Waals surface area contributed by atoms with E-state index in [1.807, 2.05) is 0 Å². The Morgan fingerprint density at radius 1 is 1.27 bits per heavy atom. The molecule has 0 nitrogen and oxygen atoms in total. The summed E-state index contributed by atoms with van der Waals surface area (Å²) in [7, 11) is 0. The topological polar surface area (TPSA) is 0 Å². The second-order valence-corrected chi connectivity index (χ2v) is 3.28. The third-order valence-electron chi connectivity index (χ3n) is 2.08. The van der Waals surface area contributed by atoms with Gasteiger partial charge in [-0.3, -0.25) is 0 Å². The Balaban J connectivity index is 2.48. The first kappa shape index (κ1) is 7.11. The zero-order valence-electron chi connectivity index (χ0n) is 6.18. The van der Waals surface area contributed by atoms with E-state index in [-0.39, 0.29) is 0 Å². The molecular weight excluding hydrogens is 200 g/mol. The minimum absolute atomic E-state index is 0.976. The monoisotopic (exact) mass is 208 g/mol. The predicted octanol–water partition coefficient (Wildman–Crippen LogP) is 3.02. The van der Waals surface area contributed by atoms with Crippen molar-refractivity contribution in [2.45, 2.75) is 6.42 Å². The van der Waals surface area contributed by atoms with Crippen LogP contribution in [0.2, 0.25) is 0 Å². The molecule has 1 aromatic carbocycles. The number of hydrogen-bond acceptors (Lipinski definition) is 0. The molecule has 11 heavy (non-hydrogen) atoms. The van der Waals surface area contributed by atoms with Crippen LogP contribution in [0, 0.1) is 0 Å². The number of rotatable bonds is 1. The smallest absolute Gasteiger partial charge is 0.0286 e. The molecule has 0 heterocycles. The third kappa shape index (κ3) is 1.14. The Morgan fingerprint density at radius 2 is 2.09 bits per heavy atom. The number of fused-ring (bicyclic) bond motifs is 1. The lowest BCUT2D eigenvalue weighted by molar-refractivity contribution is 1.31. The summed E-state index contributed by atoms with van der Waals surface area (Å²) in [6, 6.07) is 8.58. The van der Waals surface area contributed by atoms with Gasteiger partial charge in [0.25, 0.3) is 0 Å². The second-order valence-electron chi connectivity index (χ2n) is 2.72. The maximum Gasteiger partial charge on any atom is 0.0286 e. The normalized spacial score (nSPS) is 14.5. The van der Waals surface area contributed by atoms with E-state index in [9.17, 15) is 0 Å². The van der Waals surface area contributed by atoms with Crippen LogP contribution in [0.25, 0.3) is 5.57 Å². The minimum Gasteiger partial charge on any atom is -0.0876 e. The molecule has 0 unspecified atom stereocenters. The lowest BCUT2D eigenvalue weighted by Crippen LogP contribution is -1.83. The third-order valence-corrected chi connectivity index (χ3v) is 2.68. The van der Waals surface area contributed by atoms with E-state index in [1.165, 1.54) is 16.7 Å². The molecule has 1 heteroatoms. The lowest BCUT2D eigenvalue weighted by atomic mass is 10.1. The second kappa shape index (κ2) is 2.82. The summed E-state index contributed by atoms with van der Waals surface area (Å²) in [6.07, 6.45) is 3.40. The molecule has 0 N–H and O–H groups in total. The molecule has 0 saturated heterocycles. The molecule has 0 atom stereocenters. The van der Waals surface area contributed by atoms with Crippen LogP contribution < -0.4 is 0 Å². The van der Waals surface area contributed by atoms with Crippen LogP contribution in [0.1, 0.15) is 11.1 Å². The van der Waals surface area contributed by atoms with Gasteiger partial charge >= 0.3 is 0 Å². The standard InChI is InChI=1S/C10H9Br/c11-7-9-6-5-8-3-1-2-4-10(8)9/h1-4,6H,5,7H2. The molecule has 56 valence electrons. The van der Waals surface area contributed by atoms with Gasteiger partial charge in [-0.15, -0.1) is 0 Å². The summed E-state index contributed by atoms with van der Waals surface area (Å²) in [6.45, 7) is 0. The number of benzene rings is 1. The van der Waals surface area contributed by atoms with E-state index >= 15 is 0 Å². The highest BCUT2D eigenvalue weighted by atomic mass is 79.9. The molecule has 0 aliphatic heterocycles. The molecule has 1 aliphatic rings. The fraction of sp³-hybridized carbons (Fsp3) is 0.200. The van der Waals surface area contributed by atoms with Crippen LogP contribution in [0.4, 0.5) is 0 Å². The van der Waals surface area contributed by atoms with Crippen LogP contribution in [-0.2, 0) is 6.42 Å². The number of allylic oxidation sites excluding steroid dienone is 2. The average molecular weight is 209 g/mol. The van der Waals surface area contributed by atoms with Crippen molar-refractivity contribution in [2.75, 3.05) is 5.33 Å². The SMILES string of the molecule is BrCC1=CCc2ccccc21. The van der Waals surface area contributed by atoms with Crippen molar-refractivity contribution in [3.63, 3.8) is 0 Å². The fourth-order valence-electron chi connectivity index (χ4n) is 1.48. The Morgan fingerprint density at radius 3 is 2.91 bits per heavy atom. The highest BCUT2D eigenvalue weighted by Crippen LogP contribution is 2.27. The minimum atomic E-state index is 0.976. The van der Waals surface area contributed by atoms with Gasteiger partial charge in [0.2, 0.25) is 0 Å². The van der Waals surface area contributed by atoms with E-state index in [1.54, 1.807) is 0 Å². The van der Waals surface area contributed by atoms with Crippen LogP contribution in [0.15, 0.2) is 30.3 Å². The highest BCUT2D eigenvalue weighted by Gasteiger charge is 2.10.